The first-order chi connectivity index (χ1) is 12.1. The van der Waals surface area contributed by atoms with Crippen LogP contribution in [0.5, 0.6) is 0 Å². The molecule has 1 aliphatic rings. The number of halogens is 4. The minimum atomic E-state index is -7.95. The van der Waals surface area contributed by atoms with E-state index in [-0.39, 0.29) is 4.71 Å². The molecule has 0 unspecified atom stereocenters. The first-order valence-corrected chi connectivity index (χ1v) is 11.1. The molecular weight excluding hydrogens is 402 g/mol. The fourth-order valence-corrected chi connectivity index (χ4v) is 4.03. The number of benzene rings is 1. The number of aromatic nitrogens is 1. The van der Waals surface area contributed by atoms with E-state index in [0.717, 1.165) is 44.0 Å². The predicted molar refractivity (Wildman–Crippen MR) is 103 cm³/mol. The Morgan fingerprint density at radius 2 is 1.38 bits per heavy atom. The molecule has 2 aromatic rings. The second-order valence-electron chi connectivity index (χ2n) is 6.19. The van der Waals surface area contributed by atoms with E-state index in [9.17, 15) is 16.4 Å². The van der Waals surface area contributed by atoms with E-state index in [0.29, 0.717) is 5.69 Å². The molecule has 10 heteroatoms. The molecule has 0 N–H and O–H groups in total. The Morgan fingerprint density at radius 3 is 1.85 bits per heavy atom. The van der Waals surface area contributed by atoms with Gasteiger partial charge >= 0.3 is 131 Å². The van der Waals surface area contributed by atoms with E-state index in [1.165, 1.54) is 12.1 Å². The summed E-state index contributed by atoms with van der Waals surface area (Å²) in [5, 5.41) is -1.17. The minimum absolute atomic E-state index is 0.0680. The molecule has 2 heterocycles. The molecular formula is C16H19F4N3S2Si. The maximum atomic E-state index is 12.8. The average Bonchev–Trinajstić information content (AvgIpc) is 2.61. The van der Waals surface area contributed by atoms with Gasteiger partial charge in [0.15, 0.2) is 0 Å². The summed E-state index contributed by atoms with van der Waals surface area (Å²) < 4.78 is 52.9. The Hall–Kier alpha value is -1.23. The predicted octanol–water partition coefficient (Wildman–Crippen LogP) is 2.70. The number of nitrogens with zero attached hydrogens (tertiary/aromatic N) is 3. The van der Waals surface area contributed by atoms with Crippen molar-refractivity contribution in [1.29, 1.82) is 0 Å². The van der Waals surface area contributed by atoms with E-state index in [2.05, 4.69) is 35.1 Å². The van der Waals surface area contributed by atoms with Gasteiger partial charge in [-0.25, -0.2) is 0 Å². The van der Waals surface area contributed by atoms with Crippen molar-refractivity contribution in [1.82, 2.24) is 4.90 Å². The van der Waals surface area contributed by atoms with Crippen molar-refractivity contribution in [3.05, 3.63) is 48.8 Å². The van der Waals surface area contributed by atoms with Crippen LogP contribution in [0.3, 0.4) is 0 Å². The van der Waals surface area contributed by atoms with Crippen molar-refractivity contribution in [2.24, 2.45) is 0 Å². The summed E-state index contributed by atoms with van der Waals surface area (Å²) in [5.41, 5.74) is 1.58. The van der Waals surface area contributed by atoms with Crippen LogP contribution in [0.15, 0.2) is 48.8 Å². The zero-order chi connectivity index (χ0) is 19.0. The van der Waals surface area contributed by atoms with Gasteiger partial charge in [-0.1, -0.05) is 0 Å². The van der Waals surface area contributed by atoms with Crippen LogP contribution < -0.4 is 14.7 Å². The van der Waals surface area contributed by atoms with Crippen LogP contribution in [-0.4, -0.2) is 44.5 Å². The Balaban J connectivity index is 1.70. The van der Waals surface area contributed by atoms with Gasteiger partial charge in [-0.2, -0.15) is 0 Å². The first kappa shape index (κ1) is 19.5. The molecule has 26 heavy (non-hydrogen) atoms. The Labute approximate surface area is 161 Å². The second kappa shape index (κ2) is 7.06. The Kier molecular flexibility index (Phi) is 5.30. The summed E-state index contributed by atoms with van der Waals surface area (Å²) in [7, 11) is -7.95. The SMILES string of the molecule is F[Si-](F)(F)(F)c1ccc(-[n+]2ccc(N3CCN(C(S)S)CC3)cc2)cc1. The zero-order valence-corrected chi connectivity index (χ0v) is 16.6. The quantitative estimate of drug-likeness (QED) is 0.196. The summed E-state index contributed by atoms with van der Waals surface area (Å²) in [5.74, 6) is 0. The molecule has 3 nitrogen and oxygen atoms in total. The molecule has 1 saturated heterocycles. The van der Waals surface area contributed by atoms with Gasteiger partial charge in [-0.15, -0.1) is 25.3 Å². The van der Waals surface area contributed by atoms with Gasteiger partial charge in [-0.3, -0.25) is 0 Å². The molecule has 1 aromatic carbocycles. The van der Waals surface area contributed by atoms with Crippen LogP contribution in [0.25, 0.3) is 5.69 Å². The maximum absolute atomic E-state index is 12.8. The van der Waals surface area contributed by atoms with Crippen LogP contribution in [0.2, 0.25) is 0 Å². The van der Waals surface area contributed by atoms with E-state index >= 15 is 0 Å². The van der Waals surface area contributed by atoms with E-state index in [1.54, 1.807) is 17.0 Å². The van der Waals surface area contributed by atoms with Gasteiger partial charge in [0.2, 0.25) is 0 Å². The van der Waals surface area contributed by atoms with Gasteiger partial charge in [0.1, 0.15) is 0 Å². The van der Waals surface area contributed by atoms with Crippen molar-refractivity contribution < 1.29 is 21.0 Å². The molecule has 0 aliphatic carbocycles. The van der Waals surface area contributed by atoms with E-state index in [1.807, 2.05) is 12.1 Å². The third-order valence-electron chi connectivity index (χ3n) is 4.42. The van der Waals surface area contributed by atoms with Crippen LogP contribution in [0.4, 0.5) is 22.1 Å². The first-order valence-electron chi connectivity index (χ1n) is 8.07. The van der Waals surface area contributed by atoms with Crippen molar-refractivity contribution in [2.45, 2.75) is 4.71 Å². The van der Waals surface area contributed by atoms with Crippen LogP contribution in [0.1, 0.15) is 0 Å². The standard InChI is InChI=1S/C16H19F4N3S2Si/c17-26(18,19,20)15-3-1-13(2-4-15)21-7-5-14(6-8-21)22-9-11-23(12-10-22)16(24)25/h1-8,16,24-25H,9-12H2. The van der Waals surface area contributed by atoms with Crippen LogP contribution in [0, 0.1) is 0 Å². The molecule has 0 amide bonds. The van der Waals surface area contributed by atoms with Gasteiger partial charge in [-0.05, 0) is 0 Å². The molecule has 1 fully saturated rings. The van der Waals surface area contributed by atoms with Crippen LogP contribution >= 0.6 is 25.3 Å². The number of piperazine rings is 1. The van der Waals surface area contributed by atoms with Crippen molar-refractivity contribution in [3.8, 4) is 5.69 Å². The van der Waals surface area contributed by atoms with E-state index < -0.39 is 13.9 Å². The number of hydrogen-bond acceptors (Lipinski definition) is 4. The molecule has 0 spiro atoms. The number of thiol groups is 2. The summed E-state index contributed by atoms with van der Waals surface area (Å²) in [6.07, 6.45) is 3.57. The zero-order valence-electron chi connectivity index (χ0n) is 13.8. The molecule has 142 valence electrons. The molecule has 0 bridgehead atoms. The Morgan fingerprint density at radius 1 is 0.846 bits per heavy atom. The average molecular weight is 422 g/mol. The molecule has 0 radical (unpaired) electrons. The second-order valence-corrected chi connectivity index (χ2v) is 9.76. The topological polar surface area (TPSA) is 10.4 Å². The number of hydrogen-bond donors (Lipinski definition) is 2. The number of anilines is 1. The molecule has 3 rings (SSSR count). The fourth-order valence-electron chi connectivity index (χ4n) is 2.90. The van der Waals surface area contributed by atoms with Gasteiger partial charge in [0.05, 0.1) is 4.71 Å². The Bertz CT molecular complexity index is 749. The van der Waals surface area contributed by atoms with Crippen molar-refractivity contribution >= 4 is 44.8 Å². The summed E-state index contributed by atoms with van der Waals surface area (Å²) in [4.78, 5) is 4.39. The number of pyridine rings is 1. The van der Waals surface area contributed by atoms with Crippen molar-refractivity contribution in [3.63, 3.8) is 0 Å². The van der Waals surface area contributed by atoms with Crippen LogP contribution in [-0.2, 0) is 0 Å². The van der Waals surface area contributed by atoms with Gasteiger partial charge < -0.3 is 0 Å². The summed E-state index contributed by atoms with van der Waals surface area (Å²) >= 11 is 8.64. The third kappa shape index (κ3) is 4.54. The molecule has 1 aromatic heterocycles. The molecule has 0 saturated carbocycles. The van der Waals surface area contributed by atoms with Gasteiger partial charge in [0.25, 0.3) is 0 Å². The van der Waals surface area contributed by atoms with Gasteiger partial charge in [0, 0.05) is 0 Å². The third-order valence-corrected chi connectivity index (χ3v) is 6.28. The fraction of sp³-hybridized carbons (Fsp3) is 0.312. The summed E-state index contributed by atoms with van der Waals surface area (Å²) in [6.45, 7) is 3.42. The monoisotopic (exact) mass is 421 g/mol. The normalized spacial score (nSPS) is 18.0. The number of rotatable bonds is 4. The summed E-state index contributed by atoms with van der Waals surface area (Å²) in [6, 6.07) is 7.98. The molecule has 1 aliphatic heterocycles. The van der Waals surface area contributed by atoms with Crippen molar-refractivity contribution in [2.75, 3.05) is 31.1 Å². The molecule has 0 atom stereocenters. The van der Waals surface area contributed by atoms with E-state index in [4.69, 9.17) is 0 Å².